The molecule has 0 aromatic carbocycles. The summed E-state index contributed by atoms with van der Waals surface area (Å²) in [6, 6.07) is 0. The van der Waals surface area contributed by atoms with Crippen LogP contribution in [-0.2, 0) is 61.9 Å². The van der Waals surface area contributed by atoms with Crippen LogP contribution in [-0.4, -0.2) is 115 Å². The van der Waals surface area contributed by atoms with Gasteiger partial charge in [0.05, 0.1) is 38.3 Å². The minimum absolute atomic E-state index is 0.00930. The fourth-order valence-corrected chi connectivity index (χ4v) is 8.19. The maximum Gasteiger partial charge on any atom is 0.419 e. The van der Waals surface area contributed by atoms with Crippen molar-refractivity contribution in [3.8, 4) is 0 Å². The molecular weight excluding hydrogens is 925 g/mol. The lowest BCUT2D eigenvalue weighted by atomic mass is 9.92. The molecule has 0 N–H and O–H groups in total. The summed E-state index contributed by atoms with van der Waals surface area (Å²) in [6.07, 6.45) is 9.88. The molecular formula is C54H90N6O12. The predicted octanol–water partition coefficient (Wildman–Crippen LogP) is 11.4. The van der Waals surface area contributed by atoms with Gasteiger partial charge in [0, 0.05) is 38.6 Å². The maximum atomic E-state index is 12.8. The second-order valence-electron chi connectivity index (χ2n) is 25.9. The van der Waals surface area contributed by atoms with Crippen LogP contribution in [0.3, 0.4) is 0 Å². The number of esters is 2. The zero-order chi connectivity index (χ0) is 55.1. The number of hydrogen-bond acceptors (Lipinski definition) is 14. The van der Waals surface area contributed by atoms with Crippen LogP contribution in [0.15, 0.2) is 25.0 Å². The zero-order valence-corrected chi connectivity index (χ0v) is 47.5. The molecule has 18 nitrogen and oxygen atoms in total. The number of aromatic nitrogens is 4. The fourth-order valence-electron chi connectivity index (χ4n) is 8.19. The third kappa shape index (κ3) is 18.7. The zero-order valence-electron chi connectivity index (χ0n) is 47.5. The van der Waals surface area contributed by atoms with E-state index in [0.29, 0.717) is 49.9 Å². The van der Waals surface area contributed by atoms with Gasteiger partial charge in [-0.15, -0.1) is 0 Å². The molecule has 0 aliphatic heterocycles. The van der Waals surface area contributed by atoms with Crippen molar-refractivity contribution in [1.82, 2.24) is 28.9 Å². The van der Waals surface area contributed by atoms with Crippen LogP contribution in [0.25, 0.3) is 0 Å². The highest BCUT2D eigenvalue weighted by Crippen LogP contribution is 2.58. The lowest BCUT2D eigenvalue weighted by Crippen LogP contribution is -2.44. The SMILES string of the molecule is COC(=O)C1(c2cn(CCC(C)(C)C)cn2)C[C@@H]1CCCN(C(=O)OC(C)(C)C)C(=O)OC(C)(C)C.COC(=O)[C@@]1(c2cn(CCC(C)(C)C)cn2)C[C@H]1CCCN(C(=O)OC(C)(C)C)C(=O)OC(C)(C)C. The second kappa shape index (κ2) is 23.4. The molecule has 1 unspecified atom stereocenters. The van der Waals surface area contributed by atoms with Gasteiger partial charge in [-0.25, -0.2) is 38.9 Å². The van der Waals surface area contributed by atoms with Crippen molar-refractivity contribution in [2.24, 2.45) is 22.7 Å². The van der Waals surface area contributed by atoms with Crippen LogP contribution in [0.2, 0.25) is 0 Å². The first-order chi connectivity index (χ1) is 32.8. The average molecular weight is 1020 g/mol. The molecule has 0 radical (unpaired) electrons. The summed E-state index contributed by atoms with van der Waals surface area (Å²) in [4.78, 5) is 87.7. The minimum Gasteiger partial charge on any atom is -0.468 e. The second-order valence-corrected chi connectivity index (χ2v) is 25.9. The van der Waals surface area contributed by atoms with Crippen molar-refractivity contribution < 1.29 is 57.2 Å². The van der Waals surface area contributed by atoms with Crippen molar-refractivity contribution in [2.45, 2.75) is 222 Å². The van der Waals surface area contributed by atoms with E-state index in [-0.39, 0.29) is 47.7 Å². The third-order valence-corrected chi connectivity index (χ3v) is 12.1. The number of aryl methyl sites for hydroxylation is 2. The van der Waals surface area contributed by atoms with Gasteiger partial charge in [-0.2, -0.15) is 0 Å². The van der Waals surface area contributed by atoms with E-state index in [0.717, 1.165) is 35.7 Å². The molecule has 4 atom stereocenters. The summed E-state index contributed by atoms with van der Waals surface area (Å²) in [5.41, 5.74) is -2.76. The Balaban J connectivity index is 0.000000380. The van der Waals surface area contributed by atoms with Crippen LogP contribution < -0.4 is 0 Å². The first-order valence-corrected chi connectivity index (χ1v) is 25.4. The Morgan fingerprint density at radius 2 is 0.792 bits per heavy atom. The number of amides is 4. The topological polar surface area (TPSA) is 200 Å². The number of imidazole rings is 2. The Morgan fingerprint density at radius 3 is 1.03 bits per heavy atom. The number of carbonyl (C=O) groups is 6. The Hall–Kier alpha value is -5.16. The quantitative estimate of drug-likeness (QED) is 0.114. The molecule has 18 heteroatoms. The maximum absolute atomic E-state index is 12.8. The van der Waals surface area contributed by atoms with Gasteiger partial charge in [-0.3, -0.25) is 9.59 Å². The van der Waals surface area contributed by atoms with Crippen LogP contribution in [0.4, 0.5) is 19.2 Å². The standard InChI is InChI=1S/2C27H45N3O6/c2*1-24(2,3)13-15-29-17-20(28-18-29)27(21(31)34-10)16-19(27)12-11-14-30(22(32)35-25(4,5)6)23(33)36-26(7,8)9/h2*17-19H,11-16H2,1-10H3/t19-,27?;19-,27+/m01/s1. The van der Waals surface area contributed by atoms with E-state index in [1.165, 1.54) is 14.2 Å². The Labute approximate surface area is 429 Å². The van der Waals surface area contributed by atoms with E-state index in [2.05, 4.69) is 51.5 Å². The first kappa shape index (κ1) is 61.1. The van der Waals surface area contributed by atoms with E-state index in [1.807, 2.05) is 21.5 Å². The highest BCUT2D eigenvalue weighted by atomic mass is 16.6. The van der Waals surface area contributed by atoms with Gasteiger partial charge in [0.25, 0.3) is 0 Å². The summed E-state index contributed by atoms with van der Waals surface area (Å²) >= 11 is 0. The number of rotatable bonds is 16. The van der Waals surface area contributed by atoms with Gasteiger partial charge in [0.2, 0.25) is 0 Å². The van der Waals surface area contributed by atoms with Gasteiger partial charge in [-0.05, 0) is 157 Å². The molecule has 4 rings (SSSR count). The summed E-state index contributed by atoms with van der Waals surface area (Å²) in [6.45, 7) is 35.9. The Kier molecular flexibility index (Phi) is 19.8. The van der Waals surface area contributed by atoms with Crippen LogP contribution in [0.1, 0.15) is 187 Å². The molecule has 2 fully saturated rings. The number of methoxy groups -OCH3 is 2. The molecule has 408 valence electrons. The largest absolute Gasteiger partial charge is 0.468 e. The number of ether oxygens (including phenoxy) is 6. The van der Waals surface area contributed by atoms with Gasteiger partial charge < -0.3 is 37.6 Å². The van der Waals surface area contributed by atoms with Crippen molar-refractivity contribution in [1.29, 1.82) is 0 Å². The highest BCUT2D eigenvalue weighted by Gasteiger charge is 2.64. The van der Waals surface area contributed by atoms with E-state index < -0.39 is 57.6 Å². The van der Waals surface area contributed by atoms with Crippen LogP contribution in [0.5, 0.6) is 0 Å². The highest BCUT2D eigenvalue weighted by molar-refractivity contribution is 5.89. The van der Waals surface area contributed by atoms with Gasteiger partial charge >= 0.3 is 36.3 Å². The summed E-state index contributed by atoms with van der Waals surface area (Å²) < 4.78 is 36.0. The lowest BCUT2D eigenvalue weighted by Gasteiger charge is -2.28. The molecule has 2 aromatic heterocycles. The monoisotopic (exact) mass is 1010 g/mol. The molecule has 72 heavy (non-hydrogen) atoms. The molecule has 2 heterocycles. The molecule has 2 aromatic rings. The third-order valence-electron chi connectivity index (χ3n) is 12.1. The van der Waals surface area contributed by atoms with Crippen molar-refractivity contribution in [3.63, 3.8) is 0 Å². The summed E-state index contributed by atoms with van der Waals surface area (Å²) in [5, 5.41) is 0. The van der Waals surface area contributed by atoms with E-state index in [4.69, 9.17) is 28.4 Å². The van der Waals surface area contributed by atoms with Gasteiger partial charge in [0.15, 0.2) is 0 Å². The summed E-state index contributed by atoms with van der Waals surface area (Å²) in [7, 11) is 2.78. The van der Waals surface area contributed by atoms with Crippen molar-refractivity contribution >= 4 is 36.3 Å². The Bertz CT molecular complexity index is 1970. The molecule has 2 aliphatic carbocycles. The van der Waals surface area contributed by atoms with E-state index in [1.54, 1.807) is 95.7 Å². The van der Waals surface area contributed by atoms with E-state index >= 15 is 0 Å². The fraction of sp³-hybridized carbons (Fsp3) is 0.778. The predicted molar refractivity (Wildman–Crippen MR) is 273 cm³/mol. The van der Waals surface area contributed by atoms with Crippen molar-refractivity contribution in [3.05, 3.63) is 36.4 Å². The normalized spacial score (nSPS) is 20.0. The molecule has 4 amide bonds. The molecule has 0 saturated heterocycles. The smallest absolute Gasteiger partial charge is 0.419 e. The lowest BCUT2D eigenvalue weighted by molar-refractivity contribution is -0.145. The summed E-state index contributed by atoms with van der Waals surface area (Å²) in [5.74, 6) is -0.584. The Morgan fingerprint density at radius 1 is 0.514 bits per heavy atom. The van der Waals surface area contributed by atoms with Crippen LogP contribution in [0, 0.1) is 22.7 Å². The number of carbonyl (C=O) groups excluding carboxylic acids is 6. The van der Waals surface area contributed by atoms with Crippen molar-refractivity contribution in [2.75, 3.05) is 27.3 Å². The minimum atomic E-state index is -0.787. The number of hydrogen-bond donors (Lipinski definition) is 0. The molecule has 0 spiro atoms. The first-order valence-electron chi connectivity index (χ1n) is 25.4. The molecule has 2 aliphatic rings. The average Bonchev–Trinajstić information content (AvgIpc) is 3.95. The number of nitrogens with zero attached hydrogens (tertiary/aromatic N) is 6. The number of imide groups is 2. The van der Waals surface area contributed by atoms with E-state index in [9.17, 15) is 28.8 Å². The van der Waals surface area contributed by atoms with Gasteiger partial charge in [0.1, 0.15) is 33.2 Å². The van der Waals surface area contributed by atoms with Crippen LogP contribution >= 0.6 is 0 Å². The molecule has 0 bridgehead atoms. The van der Waals surface area contributed by atoms with Gasteiger partial charge in [-0.1, -0.05) is 41.5 Å². The molecule has 2 saturated carbocycles.